The van der Waals surface area contributed by atoms with Gasteiger partial charge in [0.1, 0.15) is 5.82 Å². The van der Waals surface area contributed by atoms with Gasteiger partial charge in [-0.05, 0) is 38.1 Å². The zero-order valence-electron chi connectivity index (χ0n) is 12.1. The molecule has 1 N–H and O–H groups in total. The van der Waals surface area contributed by atoms with Gasteiger partial charge in [0.15, 0.2) is 5.82 Å². The van der Waals surface area contributed by atoms with Gasteiger partial charge in [0, 0.05) is 17.0 Å². The summed E-state index contributed by atoms with van der Waals surface area (Å²) in [5, 5.41) is 7.32. The van der Waals surface area contributed by atoms with Crippen LogP contribution in [0.1, 0.15) is 18.6 Å². The van der Waals surface area contributed by atoms with Crippen molar-refractivity contribution in [2.45, 2.75) is 30.5 Å². The Kier molecular flexibility index (Phi) is 5.25. The van der Waals surface area contributed by atoms with Gasteiger partial charge in [0.05, 0.1) is 11.8 Å². The van der Waals surface area contributed by atoms with Gasteiger partial charge < -0.3 is 4.90 Å². The van der Waals surface area contributed by atoms with Crippen molar-refractivity contribution in [2.75, 3.05) is 7.05 Å². The van der Waals surface area contributed by atoms with E-state index in [1.807, 2.05) is 38.1 Å². The fourth-order valence-electron chi connectivity index (χ4n) is 1.83. The number of rotatable bonds is 5. The molecule has 0 bridgehead atoms. The first-order valence-corrected chi connectivity index (χ1v) is 7.76. The maximum atomic E-state index is 12.3. The number of carbonyl (C=O) groups excluding carboxylic acids is 1. The molecule has 1 aromatic heterocycles. The summed E-state index contributed by atoms with van der Waals surface area (Å²) in [7, 11) is 1.76. The molecule has 0 fully saturated rings. The number of carbonyl (C=O) groups is 1. The lowest BCUT2D eigenvalue weighted by Crippen LogP contribution is -2.33. The molecular formula is C14H17ClN4OS. The van der Waals surface area contributed by atoms with E-state index in [1.165, 1.54) is 11.8 Å². The molecule has 0 aliphatic carbocycles. The molecular weight excluding hydrogens is 308 g/mol. The molecule has 1 heterocycles. The maximum absolute atomic E-state index is 12.3. The van der Waals surface area contributed by atoms with Crippen LogP contribution in [0.3, 0.4) is 0 Å². The number of thioether (sulfide) groups is 1. The number of benzene rings is 1. The van der Waals surface area contributed by atoms with Gasteiger partial charge in [-0.2, -0.15) is 5.10 Å². The fourth-order valence-corrected chi connectivity index (χ4v) is 2.94. The minimum absolute atomic E-state index is 0.0393. The van der Waals surface area contributed by atoms with Crippen molar-refractivity contribution in [3.63, 3.8) is 0 Å². The quantitative estimate of drug-likeness (QED) is 0.859. The molecule has 1 amide bonds. The molecule has 0 aliphatic heterocycles. The third kappa shape index (κ3) is 4.47. The van der Waals surface area contributed by atoms with E-state index in [4.69, 9.17) is 11.6 Å². The zero-order valence-corrected chi connectivity index (χ0v) is 13.7. The first-order valence-electron chi connectivity index (χ1n) is 6.51. The normalized spacial score (nSPS) is 12.2. The lowest BCUT2D eigenvalue weighted by Gasteiger charge is -2.19. The molecule has 5 nitrogen and oxygen atoms in total. The number of hydrogen-bond acceptors (Lipinski definition) is 4. The smallest absolute Gasteiger partial charge is 0.235 e. The van der Waals surface area contributed by atoms with Crippen LogP contribution in [-0.4, -0.2) is 38.3 Å². The van der Waals surface area contributed by atoms with Crippen molar-refractivity contribution in [1.29, 1.82) is 0 Å². The minimum Gasteiger partial charge on any atom is -0.337 e. The highest BCUT2D eigenvalue weighted by Crippen LogP contribution is 2.25. The molecule has 2 rings (SSSR count). The van der Waals surface area contributed by atoms with Gasteiger partial charge >= 0.3 is 0 Å². The van der Waals surface area contributed by atoms with Gasteiger partial charge in [-0.25, -0.2) is 4.98 Å². The summed E-state index contributed by atoms with van der Waals surface area (Å²) >= 11 is 7.36. The average molecular weight is 325 g/mol. The van der Waals surface area contributed by atoms with E-state index in [0.29, 0.717) is 17.4 Å². The standard InChI is InChI=1S/C14H17ClN4OS/c1-9(21-12-6-4-11(15)5-7-12)14(20)19(3)8-13-16-10(2)17-18-13/h4-7,9H,8H2,1-3H3,(H,16,17,18). The van der Waals surface area contributed by atoms with Crippen LogP contribution >= 0.6 is 23.4 Å². The lowest BCUT2D eigenvalue weighted by atomic mass is 10.4. The largest absolute Gasteiger partial charge is 0.337 e. The molecule has 0 saturated carbocycles. The number of amides is 1. The molecule has 1 aromatic carbocycles. The third-order valence-electron chi connectivity index (χ3n) is 2.87. The first-order chi connectivity index (χ1) is 9.95. The highest BCUT2D eigenvalue weighted by molar-refractivity contribution is 8.00. The van der Waals surface area contributed by atoms with Crippen LogP contribution in [0, 0.1) is 6.92 Å². The Labute approximate surface area is 133 Å². The predicted octanol–water partition coefficient (Wildman–Crippen LogP) is 2.91. The number of H-pyrrole nitrogens is 1. The number of nitrogens with one attached hydrogen (secondary N) is 1. The summed E-state index contributed by atoms with van der Waals surface area (Å²) in [5.74, 6) is 1.40. The van der Waals surface area contributed by atoms with Crippen LogP contribution in [0.25, 0.3) is 0 Å². The molecule has 7 heteroatoms. The highest BCUT2D eigenvalue weighted by Gasteiger charge is 2.19. The Morgan fingerprint density at radius 1 is 1.43 bits per heavy atom. The van der Waals surface area contributed by atoms with Gasteiger partial charge in [0.2, 0.25) is 5.91 Å². The van der Waals surface area contributed by atoms with E-state index in [-0.39, 0.29) is 11.2 Å². The minimum atomic E-state index is -0.184. The van der Waals surface area contributed by atoms with E-state index in [1.54, 1.807) is 11.9 Å². The van der Waals surface area contributed by atoms with E-state index < -0.39 is 0 Å². The number of aromatic nitrogens is 3. The molecule has 0 aliphatic rings. The van der Waals surface area contributed by atoms with Gasteiger partial charge in [-0.3, -0.25) is 9.89 Å². The summed E-state index contributed by atoms with van der Waals surface area (Å²) in [6.45, 7) is 4.12. The molecule has 112 valence electrons. The van der Waals surface area contributed by atoms with Crippen LogP contribution in [-0.2, 0) is 11.3 Å². The summed E-state index contributed by atoms with van der Waals surface area (Å²) in [6, 6.07) is 7.47. The van der Waals surface area contributed by atoms with Gasteiger partial charge in [-0.15, -0.1) is 11.8 Å². The van der Waals surface area contributed by atoms with Crippen LogP contribution in [0.5, 0.6) is 0 Å². The van der Waals surface area contributed by atoms with E-state index in [2.05, 4.69) is 15.2 Å². The second-order valence-corrected chi connectivity index (χ2v) is 6.60. The van der Waals surface area contributed by atoms with Gasteiger partial charge in [-0.1, -0.05) is 11.6 Å². The Morgan fingerprint density at radius 3 is 2.67 bits per heavy atom. The summed E-state index contributed by atoms with van der Waals surface area (Å²) in [6.07, 6.45) is 0. The fraction of sp³-hybridized carbons (Fsp3) is 0.357. The Morgan fingerprint density at radius 2 is 2.10 bits per heavy atom. The second-order valence-electron chi connectivity index (χ2n) is 4.75. The number of aryl methyl sites for hydroxylation is 1. The summed E-state index contributed by atoms with van der Waals surface area (Å²) in [5.41, 5.74) is 0. The number of hydrogen-bond donors (Lipinski definition) is 1. The Bertz CT molecular complexity index is 614. The van der Waals surface area contributed by atoms with E-state index in [0.717, 1.165) is 10.7 Å². The number of aromatic amines is 1. The topological polar surface area (TPSA) is 61.9 Å². The van der Waals surface area contributed by atoms with Crippen LogP contribution in [0.15, 0.2) is 29.2 Å². The monoisotopic (exact) mass is 324 g/mol. The number of nitrogens with zero attached hydrogens (tertiary/aromatic N) is 3. The molecule has 2 aromatic rings. The highest BCUT2D eigenvalue weighted by atomic mass is 35.5. The average Bonchev–Trinajstić information content (AvgIpc) is 2.85. The first kappa shape index (κ1) is 15.9. The van der Waals surface area contributed by atoms with Crippen LogP contribution in [0.4, 0.5) is 0 Å². The molecule has 0 spiro atoms. The molecule has 21 heavy (non-hydrogen) atoms. The summed E-state index contributed by atoms with van der Waals surface area (Å²) < 4.78 is 0. The van der Waals surface area contributed by atoms with E-state index >= 15 is 0 Å². The van der Waals surface area contributed by atoms with Crippen molar-refractivity contribution in [2.24, 2.45) is 0 Å². The van der Waals surface area contributed by atoms with Crippen molar-refractivity contribution >= 4 is 29.3 Å². The van der Waals surface area contributed by atoms with Crippen molar-refractivity contribution in [3.8, 4) is 0 Å². The Balaban J connectivity index is 1.93. The van der Waals surface area contributed by atoms with E-state index in [9.17, 15) is 4.79 Å². The summed E-state index contributed by atoms with van der Waals surface area (Å²) in [4.78, 5) is 19.2. The van der Waals surface area contributed by atoms with Crippen molar-refractivity contribution in [1.82, 2.24) is 20.1 Å². The lowest BCUT2D eigenvalue weighted by molar-refractivity contribution is -0.129. The molecule has 0 saturated heterocycles. The van der Waals surface area contributed by atoms with Crippen molar-refractivity contribution < 1.29 is 4.79 Å². The van der Waals surface area contributed by atoms with Gasteiger partial charge in [0.25, 0.3) is 0 Å². The van der Waals surface area contributed by atoms with Crippen LogP contribution in [0.2, 0.25) is 5.02 Å². The third-order valence-corrected chi connectivity index (χ3v) is 4.22. The maximum Gasteiger partial charge on any atom is 0.235 e. The number of halogens is 1. The molecule has 1 unspecified atom stereocenters. The molecule has 1 atom stereocenters. The SMILES string of the molecule is Cc1nc(CN(C)C(=O)C(C)Sc2ccc(Cl)cc2)n[nH]1. The Hall–Kier alpha value is -1.53. The molecule has 0 radical (unpaired) electrons. The van der Waals surface area contributed by atoms with Crippen LogP contribution < -0.4 is 0 Å². The second kappa shape index (κ2) is 6.95. The predicted molar refractivity (Wildman–Crippen MR) is 84.4 cm³/mol. The zero-order chi connectivity index (χ0) is 15.4. The van der Waals surface area contributed by atoms with Crippen molar-refractivity contribution in [3.05, 3.63) is 40.9 Å².